The van der Waals surface area contributed by atoms with Crippen molar-refractivity contribution in [1.29, 1.82) is 0 Å². The minimum atomic E-state index is -1.11. The van der Waals surface area contributed by atoms with Crippen LogP contribution < -0.4 is 10.5 Å². The molecule has 5 heterocycles. The second kappa shape index (κ2) is 10.7. The van der Waals surface area contributed by atoms with E-state index in [1.807, 2.05) is 33.7 Å². The lowest BCUT2D eigenvalue weighted by Gasteiger charge is -2.45. The number of para-hydroxylation sites is 2. The van der Waals surface area contributed by atoms with E-state index in [2.05, 4.69) is 4.90 Å². The van der Waals surface area contributed by atoms with Crippen LogP contribution in [0.5, 0.6) is 0 Å². The molecule has 9 heteroatoms. The summed E-state index contributed by atoms with van der Waals surface area (Å²) in [4.78, 5) is 36.1. The Labute approximate surface area is 235 Å². The zero-order valence-corrected chi connectivity index (χ0v) is 23.4. The fourth-order valence-corrected chi connectivity index (χ4v) is 8.62. The van der Waals surface area contributed by atoms with E-state index in [4.69, 9.17) is 14.5 Å². The Morgan fingerprint density at radius 1 is 0.900 bits per heavy atom. The molecule has 5 aliphatic rings. The van der Waals surface area contributed by atoms with Gasteiger partial charge < -0.3 is 24.0 Å². The van der Waals surface area contributed by atoms with Crippen molar-refractivity contribution in [2.75, 3.05) is 31.2 Å². The van der Waals surface area contributed by atoms with Crippen LogP contribution in [-0.4, -0.2) is 75.7 Å². The third-order valence-electron chi connectivity index (χ3n) is 10.4. The normalized spacial score (nSPS) is 31.4. The van der Waals surface area contributed by atoms with E-state index < -0.39 is 17.7 Å². The molecule has 7 rings (SSSR count). The van der Waals surface area contributed by atoms with Crippen LogP contribution in [-0.2, 0) is 14.3 Å². The molecule has 216 valence electrons. The fourth-order valence-electron chi connectivity index (χ4n) is 8.62. The van der Waals surface area contributed by atoms with E-state index in [-0.39, 0.29) is 18.1 Å². The number of hydrogen-bond acceptors (Lipinski definition) is 7. The van der Waals surface area contributed by atoms with Gasteiger partial charge in [0.2, 0.25) is 0 Å². The molecule has 2 aromatic rings. The van der Waals surface area contributed by atoms with Crippen LogP contribution in [0.4, 0.5) is 5.82 Å². The third-order valence-corrected chi connectivity index (χ3v) is 10.4. The number of aliphatic carboxylic acids is 1. The number of anilines is 1. The lowest BCUT2D eigenvalue weighted by Crippen LogP contribution is -2.57. The molecule has 4 aliphatic heterocycles. The number of nitrogens with zero attached hydrogens (tertiary/aromatic N) is 4. The maximum absolute atomic E-state index is 14.3. The van der Waals surface area contributed by atoms with Gasteiger partial charge in [-0.25, -0.2) is 4.98 Å². The lowest BCUT2D eigenvalue weighted by atomic mass is 9.89. The smallest absolute Gasteiger partial charge is 0.313 e. The Hall–Kier alpha value is -2.49. The average Bonchev–Trinajstić information content (AvgIpc) is 3.50. The second-order valence-corrected chi connectivity index (χ2v) is 12.7. The van der Waals surface area contributed by atoms with Gasteiger partial charge in [-0.15, -0.1) is 0 Å². The summed E-state index contributed by atoms with van der Waals surface area (Å²) in [6.07, 6.45) is 14.2. The summed E-state index contributed by atoms with van der Waals surface area (Å²) < 4.78 is 13.7. The molecule has 0 radical (unpaired) electrons. The van der Waals surface area contributed by atoms with Gasteiger partial charge in [-0.05, 0) is 50.7 Å². The standard InChI is InChI=1S/C31H42N4O5/c36-29-28(33-15-14-31(39-16-17-40-31)25(20-33)30(37)38)32-26-10-6-7-11-27(26)35(29)24-18-22-12-13-23(19-24)34(22)21-8-4-2-1-3-5-9-21/h6-7,10-11,21-25H,1-5,8-9,12-20H2,(H,37,38)/t22-,23+,24?,25?. The zero-order chi connectivity index (χ0) is 27.3. The summed E-state index contributed by atoms with van der Waals surface area (Å²) in [5.41, 5.74) is 1.56. The van der Waals surface area contributed by atoms with E-state index in [0.717, 1.165) is 23.9 Å². The number of piperidine rings is 2. The number of rotatable bonds is 4. The highest BCUT2D eigenvalue weighted by Crippen LogP contribution is 2.44. The second-order valence-electron chi connectivity index (χ2n) is 12.7. The average molecular weight is 551 g/mol. The summed E-state index contributed by atoms with van der Waals surface area (Å²) in [6.45, 7) is 1.40. The zero-order valence-electron chi connectivity index (χ0n) is 23.4. The highest BCUT2D eigenvalue weighted by molar-refractivity contribution is 5.77. The lowest BCUT2D eigenvalue weighted by molar-refractivity contribution is -0.212. The van der Waals surface area contributed by atoms with Crippen molar-refractivity contribution in [1.82, 2.24) is 14.5 Å². The number of ether oxygens (including phenoxy) is 2. The molecule has 5 fully saturated rings. The molecule has 40 heavy (non-hydrogen) atoms. The van der Waals surface area contributed by atoms with Crippen molar-refractivity contribution < 1.29 is 19.4 Å². The molecule has 9 nitrogen and oxygen atoms in total. The molecular formula is C31H42N4O5. The molecule has 1 aromatic carbocycles. The van der Waals surface area contributed by atoms with E-state index in [1.54, 1.807) is 0 Å². The van der Waals surface area contributed by atoms with Gasteiger partial charge in [-0.1, -0.05) is 44.2 Å². The first-order valence-electron chi connectivity index (χ1n) is 15.6. The van der Waals surface area contributed by atoms with E-state index >= 15 is 0 Å². The maximum Gasteiger partial charge on any atom is 0.313 e. The first-order chi connectivity index (χ1) is 19.5. The van der Waals surface area contributed by atoms with E-state index in [0.29, 0.717) is 50.1 Å². The maximum atomic E-state index is 14.3. The predicted molar refractivity (Wildman–Crippen MR) is 152 cm³/mol. The molecule has 2 bridgehead atoms. The van der Waals surface area contributed by atoms with E-state index in [1.165, 1.54) is 57.8 Å². The topological polar surface area (TPSA) is 97.1 Å². The minimum Gasteiger partial charge on any atom is -0.481 e. The van der Waals surface area contributed by atoms with Gasteiger partial charge >= 0.3 is 5.97 Å². The Balaban J connectivity index is 1.20. The number of hydrogen-bond donors (Lipinski definition) is 1. The SMILES string of the molecule is O=C(O)C1CN(c2nc3ccccc3n(C3C[C@H]4CC[C@@H](C3)N4C3CCCCCCC3)c2=O)CCC12OCCO2. The molecule has 0 amide bonds. The monoisotopic (exact) mass is 550 g/mol. The Morgan fingerprint density at radius 2 is 1.57 bits per heavy atom. The highest BCUT2D eigenvalue weighted by Gasteiger charge is 2.52. The van der Waals surface area contributed by atoms with Crippen molar-refractivity contribution in [2.45, 2.75) is 107 Å². The molecule has 4 atom stereocenters. The molecule has 1 aromatic heterocycles. The van der Waals surface area contributed by atoms with E-state index in [9.17, 15) is 14.7 Å². The quantitative estimate of drug-likeness (QED) is 0.601. The van der Waals surface area contributed by atoms with Crippen molar-refractivity contribution in [2.24, 2.45) is 5.92 Å². The Morgan fingerprint density at radius 3 is 2.27 bits per heavy atom. The number of fused-ring (bicyclic) bond motifs is 3. The Bertz CT molecular complexity index is 1280. The third kappa shape index (κ3) is 4.54. The molecule has 1 saturated carbocycles. The van der Waals surface area contributed by atoms with Crippen molar-refractivity contribution in [3.8, 4) is 0 Å². The number of aromatic nitrogens is 2. The number of carboxylic acid groups (broad SMARTS) is 1. The molecular weight excluding hydrogens is 508 g/mol. The van der Waals surface area contributed by atoms with Crippen molar-refractivity contribution in [3.63, 3.8) is 0 Å². The van der Waals surface area contributed by atoms with Crippen LogP contribution in [0.25, 0.3) is 11.0 Å². The van der Waals surface area contributed by atoms with Gasteiger partial charge in [0.15, 0.2) is 11.6 Å². The summed E-state index contributed by atoms with van der Waals surface area (Å²) in [7, 11) is 0. The van der Waals surface area contributed by atoms with Crippen molar-refractivity contribution >= 4 is 22.8 Å². The summed E-state index contributed by atoms with van der Waals surface area (Å²) in [6, 6.07) is 9.79. The van der Waals surface area contributed by atoms with Crippen LogP contribution in [0.2, 0.25) is 0 Å². The molecule has 1 N–H and O–H groups in total. The number of benzene rings is 1. The first kappa shape index (κ1) is 26.4. The first-order valence-corrected chi connectivity index (χ1v) is 15.6. The molecule has 1 aliphatic carbocycles. The largest absolute Gasteiger partial charge is 0.481 e. The number of carboxylic acids is 1. The summed E-state index contributed by atoms with van der Waals surface area (Å²) in [5, 5.41) is 10.1. The fraction of sp³-hybridized carbons (Fsp3) is 0.710. The summed E-state index contributed by atoms with van der Waals surface area (Å²) >= 11 is 0. The summed E-state index contributed by atoms with van der Waals surface area (Å²) in [5.74, 6) is -2.60. The molecule has 1 spiro atoms. The van der Waals surface area contributed by atoms with Crippen LogP contribution >= 0.6 is 0 Å². The van der Waals surface area contributed by atoms with Crippen LogP contribution in [0.3, 0.4) is 0 Å². The van der Waals surface area contributed by atoms with Crippen LogP contribution in [0.15, 0.2) is 29.1 Å². The van der Waals surface area contributed by atoms with Crippen LogP contribution in [0, 0.1) is 5.92 Å². The van der Waals surface area contributed by atoms with Crippen LogP contribution in [0.1, 0.15) is 83.1 Å². The van der Waals surface area contributed by atoms with Gasteiger partial charge in [0.05, 0.1) is 24.2 Å². The van der Waals surface area contributed by atoms with Gasteiger partial charge in [0.25, 0.3) is 5.56 Å². The van der Waals surface area contributed by atoms with Gasteiger partial charge in [-0.3, -0.25) is 14.5 Å². The van der Waals surface area contributed by atoms with Gasteiger partial charge in [0.1, 0.15) is 5.92 Å². The predicted octanol–water partition coefficient (Wildman–Crippen LogP) is 4.33. The van der Waals surface area contributed by atoms with Gasteiger partial charge in [-0.2, -0.15) is 0 Å². The molecule has 4 saturated heterocycles. The minimum absolute atomic E-state index is 0.101. The Kier molecular flexibility index (Phi) is 7.08. The van der Waals surface area contributed by atoms with Gasteiger partial charge in [0, 0.05) is 43.7 Å². The number of carbonyl (C=O) groups is 1. The van der Waals surface area contributed by atoms with Crippen molar-refractivity contribution in [3.05, 3.63) is 34.6 Å². The molecule has 2 unspecified atom stereocenters. The highest BCUT2D eigenvalue weighted by atomic mass is 16.7.